The molecule has 1 fully saturated rings. The van der Waals surface area contributed by atoms with Crippen molar-refractivity contribution in [3.8, 4) is 0 Å². The zero-order valence-corrected chi connectivity index (χ0v) is 17.3. The first-order valence-electron chi connectivity index (χ1n) is 7.90. The lowest BCUT2D eigenvalue weighted by Gasteiger charge is -2.23. The molecule has 2 heterocycles. The van der Waals surface area contributed by atoms with Crippen LogP contribution in [0.1, 0.15) is 12.5 Å². The van der Waals surface area contributed by atoms with Crippen molar-refractivity contribution in [3.63, 3.8) is 0 Å². The number of carbonyl (C=O) groups excluding carboxylic acids is 2. The Morgan fingerprint density at radius 2 is 2.07 bits per heavy atom. The number of benzene rings is 1. The van der Waals surface area contributed by atoms with Gasteiger partial charge in [-0.3, -0.25) is 14.5 Å². The molecule has 0 saturated carbocycles. The van der Waals surface area contributed by atoms with E-state index in [1.165, 1.54) is 11.0 Å². The number of nitrogens with zero attached hydrogens (tertiary/aromatic N) is 1. The minimum Gasteiger partial charge on any atom is -0.347 e. The number of halogens is 1. The van der Waals surface area contributed by atoms with E-state index < -0.39 is 27.8 Å². The number of sulfone groups is 1. The van der Waals surface area contributed by atoms with E-state index >= 15 is 0 Å². The van der Waals surface area contributed by atoms with Crippen LogP contribution in [-0.4, -0.2) is 47.3 Å². The highest BCUT2D eigenvalue weighted by Gasteiger charge is 2.39. The predicted molar refractivity (Wildman–Crippen MR) is 111 cm³/mol. The lowest BCUT2D eigenvalue weighted by molar-refractivity contribution is -0.132. The van der Waals surface area contributed by atoms with Crippen LogP contribution < -0.4 is 5.32 Å². The van der Waals surface area contributed by atoms with Crippen molar-refractivity contribution in [1.82, 2.24) is 10.2 Å². The van der Waals surface area contributed by atoms with Crippen molar-refractivity contribution >= 4 is 67.6 Å². The standard InChI is InChI=1S/C17H15ClN2O4S3/c1-10(15(21)19-13-6-7-27(23,24)9-13)20-16(22)14(26-17(20)25)8-11-2-4-12(18)5-3-11/h2-8,10,13H,9H2,1H3,(H,19,21)/b14-8-/t10-,13+/m0/s1. The van der Waals surface area contributed by atoms with Crippen LogP contribution in [0.15, 0.2) is 40.7 Å². The highest BCUT2D eigenvalue weighted by atomic mass is 35.5. The molecule has 10 heteroatoms. The maximum absolute atomic E-state index is 12.7. The van der Waals surface area contributed by atoms with E-state index in [1.807, 2.05) is 0 Å². The summed E-state index contributed by atoms with van der Waals surface area (Å²) in [5, 5.41) is 4.29. The van der Waals surface area contributed by atoms with Gasteiger partial charge in [-0.05, 0) is 36.8 Å². The minimum absolute atomic E-state index is 0.180. The van der Waals surface area contributed by atoms with Crippen molar-refractivity contribution in [2.24, 2.45) is 0 Å². The van der Waals surface area contributed by atoms with E-state index in [9.17, 15) is 18.0 Å². The van der Waals surface area contributed by atoms with Gasteiger partial charge in [0.2, 0.25) is 5.91 Å². The molecule has 6 nitrogen and oxygen atoms in total. The Bertz CT molecular complexity index is 970. The highest BCUT2D eigenvalue weighted by molar-refractivity contribution is 8.26. The van der Waals surface area contributed by atoms with Crippen LogP contribution in [0.2, 0.25) is 5.02 Å². The Hall–Kier alpha value is -1.68. The summed E-state index contributed by atoms with van der Waals surface area (Å²) in [6, 6.07) is 5.52. The lowest BCUT2D eigenvalue weighted by Crippen LogP contribution is -2.49. The number of hydrogen-bond donors (Lipinski definition) is 1. The molecule has 142 valence electrons. The first-order valence-corrected chi connectivity index (χ1v) is 11.2. The third-order valence-electron chi connectivity index (χ3n) is 4.02. The van der Waals surface area contributed by atoms with Crippen LogP contribution in [0, 0.1) is 0 Å². The molecule has 27 heavy (non-hydrogen) atoms. The maximum Gasteiger partial charge on any atom is 0.266 e. The Balaban J connectivity index is 1.71. The van der Waals surface area contributed by atoms with Gasteiger partial charge in [0.1, 0.15) is 10.4 Å². The maximum atomic E-state index is 12.7. The van der Waals surface area contributed by atoms with Crippen molar-refractivity contribution in [3.05, 3.63) is 51.2 Å². The molecule has 0 aromatic heterocycles. The van der Waals surface area contributed by atoms with Crippen molar-refractivity contribution in [2.75, 3.05) is 5.75 Å². The summed E-state index contributed by atoms with van der Waals surface area (Å²) < 4.78 is 23.2. The Morgan fingerprint density at radius 3 is 2.67 bits per heavy atom. The monoisotopic (exact) mass is 442 g/mol. The number of carbonyl (C=O) groups is 2. The fourth-order valence-electron chi connectivity index (χ4n) is 2.61. The fourth-order valence-corrected chi connectivity index (χ4v) is 5.39. The number of nitrogens with one attached hydrogen (secondary N) is 1. The predicted octanol–water partition coefficient (Wildman–Crippen LogP) is 2.36. The van der Waals surface area contributed by atoms with E-state index in [0.29, 0.717) is 9.93 Å². The first kappa shape index (κ1) is 20.1. The summed E-state index contributed by atoms with van der Waals surface area (Å²) in [5.74, 6) is -1.01. The molecule has 1 saturated heterocycles. The second-order valence-electron chi connectivity index (χ2n) is 6.05. The molecule has 1 N–H and O–H groups in total. The fraction of sp³-hybridized carbons (Fsp3) is 0.235. The van der Waals surface area contributed by atoms with Gasteiger partial charge < -0.3 is 5.32 Å². The third kappa shape index (κ3) is 4.60. The zero-order valence-electron chi connectivity index (χ0n) is 14.1. The van der Waals surface area contributed by atoms with Gasteiger partial charge >= 0.3 is 0 Å². The van der Waals surface area contributed by atoms with Crippen LogP contribution in [0.3, 0.4) is 0 Å². The molecule has 3 rings (SSSR count). The number of thiocarbonyl (C=S) groups is 1. The third-order valence-corrected chi connectivity index (χ3v) is 6.99. The average molecular weight is 443 g/mol. The van der Waals surface area contributed by atoms with Gasteiger partial charge in [-0.15, -0.1) is 0 Å². The molecule has 0 aliphatic carbocycles. The van der Waals surface area contributed by atoms with E-state index in [-0.39, 0.29) is 16.0 Å². The molecule has 2 aliphatic heterocycles. The van der Waals surface area contributed by atoms with Gasteiger partial charge in [0.05, 0.1) is 16.7 Å². The number of amides is 2. The van der Waals surface area contributed by atoms with Crippen molar-refractivity contribution in [2.45, 2.75) is 19.0 Å². The van der Waals surface area contributed by atoms with E-state index in [0.717, 1.165) is 22.7 Å². The summed E-state index contributed by atoms with van der Waals surface area (Å²) in [7, 11) is -3.28. The topological polar surface area (TPSA) is 83.6 Å². The number of hydrogen-bond acceptors (Lipinski definition) is 6. The quantitative estimate of drug-likeness (QED) is 0.569. The smallest absolute Gasteiger partial charge is 0.266 e. The molecule has 2 aliphatic rings. The van der Waals surface area contributed by atoms with Gasteiger partial charge in [-0.25, -0.2) is 8.42 Å². The average Bonchev–Trinajstić information content (AvgIpc) is 3.07. The summed E-state index contributed by atoms with van der Waals surface area (Å²) in [4.78, 5) is 26.8. The van der Waals surface area contributed by atoms with Gasteiger partial charge in [0, 0.05) is 10.4 Å². The lowest BCUT2D eigenvalue weighted by atomic mass is 10.2. The molecule has 0 radical (unpaired) electrons. The van der Waals surface area contributed by atoms with Crippen LogP contribution in [0.4, 0.5) is 0 Å². The highest BCUT2D eigenvalue weighted by Crippen LogP contribution is 2.34. The Kier molecular flexibility index (Phi) is 5.76. The van der Waals surface area contributed by atoms with Gasteiger partial charge in [-0.2, -0.15) is 0 Å². The van der Waals surface area contributed by atoms with Crippen molar-refractivity contribution < 1.29 is 18.0 Å². The Morgan fingerprint density at radius 1 is 1.41 bits per heavy atom. The molecule has 1 aromatic rings. The molecule has 0 unspecified atom stereocenters. The van der Waals surface area contributed by atoms with E-state index in [1.54, 1.807) is 37.3 Å². The summed E-state index contributed by atoms with van der Waals surface area (Å²) in [5.41, 5.74) is 0.790. The van der Waals surface area contributed by atoms with Gasteiger partial charge in [0.15, 0.2) is 9.84 Å². The molecule has 1 aromatic carbocycles. The van der Waals surface area contributed by atoms with Gasteiger partial charge in [-0.1, -0.05) is 47.7 Å². The van der Waals surface area contributed by atoms with Gasteiger partial charge in [0.25, 0.3) is 5.91 Å². The summed E-state index contributed by atoms with van der Waals surface area (Å²) >= 11 is 12.2. The molecular weight excluding hydrogens is 428 g/mol. The minimum atomic E-state index is -3.28. The van der Waals surface area contributed by atoms with Crippen LogP contribution in [-0.2, 0) is 19.4 Å². The molecule has 2 atom stereocenters. The van der Waals surface area contributed by atoms with Crippen LogP contribution in [0.25, 0.3) is 6.08 Å². The summed E-state index contributed by atoms with van der Waals surface area (Å²) in [6.07, 6.45) is 3.11. The van der Waals surface area contributed by atoms with E-state index in [2.05, 4.69) is 5.32 Å². The zero-order chi connectivity index (χ0) is 19.8. The van der Waals surface area contributed by atoms with Crippen molar-refractivity contribution in [1.29, 1.82) is 0 Å². The first-order chi connectivity index (χ1) is 12.7. The molecule has 0 bridgehead atoms. The molecular formula is C17H15ClN2O4S3. The molecule has 0 spiro atoms. The summed E-state index contributed by atoms with van der Waals surface area (Å²) in [6.45, 7) is 1.55. The molecule has 2 amide bonds. The van der Waals surface area contributed by atoms with E-state index in [4.69, 9.17) is 23.8 Å². The Labute approximate surface area is 171 Å². The second kappa shape index (κ2) is 7.75. The largest absolute Gasteiger partial charge is 0.347 e. The number of rotatable bonds is 4. The number of thioether (sulfide) groups is 1. The normalized spacial score (nSPS) is 23.9. The van der Waals surface area contributed by atoms with Crippen LogP contribution in [0.5, 0.6) is 0 Å². The SMILES string of the molecule is C[C@@H](C(=O)N[C@@H]1C=CS(=O)(=O)C1)N1C(=O)/C(=C/c2ccc(Cl)cc2)SC1=S. The van der Waals surface area contributed by atoms with Crippen LogP contribution >= 0.6 is 35.6 Å². The second-order valence-corrected chi connectivity index (χ2v) is 10.1.